The van der Waals surface area contributed by atoms with Gasteiger partial charge in [-0.15, -0.1) is 0 Å². The second kappa shape index (κ2) is 10.4. The van der Waals surface area contributed by atoms with Crippen molar-refractivity contribution in [3.63, 3.8) is 0 Å². The molecule has 0 aliphatic rings. The standard InChI is InChI=1S/C24H20F3NO4S/c1-15(28-23(31)24(25,26)27)12-16-8-10-20(11-9-16)33-21-7-3-6-19(14-21)32-18-5-2-4-17(13-18)22(29)30/h2-11,13-15H,12H2,1H3,(H,28,31)(H,29,30). The first kappa shape index (κ1) is 24.2. The number of nitrogens with one attached hydrogen (secondary N) is 1. The van der Waals surface area contributed by atoms with E-state index < -0.39 is 24.1 Å². The van der Waals surface area contributed by atoms with Gasteiger partial charge in [0.25, 0.3) is 0 Å². The quantitative estimate of drug-likeness (QED) is 0.422. The summed E-state index contributed by atoms with van der Waals surface area (Å²) in [6.45, 7) is 1.52. The summed E-state index contributed by atoms with van der Waals surface area (Å²) in [6.07, 6.45) is -4.63. The van der Waals surface area contributed by atoms with E-state index >= 15 is 0 Å². The van der Waals surface area contributed by atoms with Crippen LogP contribution in [0.4, 0.5) is 13.2 Å². The minimum Gasteiger partial charge on any atom is -0.478 e. The Morgan fingerprint density at radius 2 is 1.61 bits per heavy atom. The van der Waals surface area contributed by atoms with Gasteiger partial charge in [-0.05, 0) is 67.4 Å². The molecule has 0 spiro atoms. The molecule has 2 N–H and O–H groups in total. The number of carboxylic acids is 1. The van der Waals surface area contributed by atoms with Crippen molar-refractivity contribution in [2.24, 2.45) is 0 Å². The minimum atomic E-state index is -4.90. The number of aromatic carboxylic acids is 1. The lowest BCUT2D eigenvalue weighted by Gasteiger charge is -2.15. The predicted molar refractivity (Wildman–Crippen MR) is 118 cm³/mol. The molecular weight excluding hydrogens is 455 g/mol. The van der Waals surface area contributed by atoms with Crippen molar-refractivity contribution < 1.29 is 32.6 Å². The average Bonchev–Trinajstić information content (AvgIpc) is 2.75. The molecule has 33 heavy (non-hydrogen) atoms. The summed E-state index contributed by atoms with van der Waals surface area (Å²) in [5, 5.41) is 11.0. The first-order valence-corrected chi connectivity index (χ1v) is 10.7. The molecule has 0 saturated carbocycles. The van der Waals surface area contributed by atoms with Gasteiger partial charge in [-0.2, -0.15) is 13.2 Å². The molecule has 1 unspecified atom stereocenters. The van der Waals surface area contributed by atoms with E-state index in [4.69, 9.17) is 9.84 Å². The second-order valence-electron chi connectivity index (χ2n) is 7.23. The van der Waals surface area contributed by atoms with E-state index in [9.17, 15) is 22.8 Å². The van der Waals surface area contributed by atoms with Crippen LogP contribution in [0.1, 0.15) is 22.8 Å². The molecule has 172 valence electrons. The van der Waals surface area contributed by atoms with Crippen molar-refractivity contribution in [2.45, 2.75) is 35.4 Å². The third-order valence-electron chi connectivity index (χ3n) is 4.46. The Hall–Kier alpha value is -3.46. The van der Waals surface area contributed by atoms with Gasteiger partial charge in [0.15, 0.2) is 0 Å². The molecule has 9 heteroatoms. The van der Waals surface area contributed by atoms with E-state index in [2.05, 4.69) is 0 Å². The maximum atomic E-state index is 12.4. The monoisotopic (exact) mass is 475 g/mol. The first-order chi connectivity index (χ1) is 15.6. The Morgan fingerprint density at radius 3 is 2.24 bits per heavy atom. The van der Waals surface area contributed by atoms with Crippen molar-refractivity contribution in [3.8, 4) is 11.5 Å². The van der Waals surface area contributed by atoms with Gasteiger partial charge in [-0.25, -0.2) is 4.79 Å². The van der Waals surface area contributed by atoms with Crippen molar-refractivity contribution in [1.29, 1.82) is 0 Å². The van der Waals surface area contributed by atoms with Crippen LogP contribution in [0.2, 0.25) is 0 Å². The van der Waals surface area contributed by atoms with Gasteiger partial charge in [0.1, 0.15) is 11.5 Å². The summed E-state index contributed by atoms with van der Waals surface area (Å²) in [7, 11) is 0. The van der Waals surface area contributed by atoms with Crippen LogP contribution < -0.4 is 10.1 Å². The molecule has 1 amide bonds. The Bertz CT molecular complexity index is 1130. The van der Waals surface area contributed by atoms with Crippen LogP contribution >= 0.6 is 11.8 Å². The summed E-state index contributed by atoms with van der Waals surface area (Å²) in [6, 6.07) is 20.1. The number of halogens is 3. The lowest BCUT2D eigenvalue weighted by atomic mass is 10.1. The molecule has 0 heterocycles. The van der Waals surface area contributed by atoms with Crippen molar-refractivity contribution in [2.75, 3.05) is 0 Å². The summed E-state index contributed by atoms with van der Waals surface area (Å²) in [5.74, 6) is -2.02. The fourth-order valence-electron chi connectivity index (χ4n) is 2.97. The molecule has 3 rings (SSSR count). The zero-order chi connectivity index (χ0) is 24.0. The fraction of sp³-hybridized carbons (Fsp3) is 0.167. The molecule has 0 aliphatic heterocycles. The van der Waals surface area contributed by atoms with E-state index in [-0.39, 0.29) is 12.0 Å². The van der Waals surface area contributed by atoms with Crippen LogP contribution in [0.15, 0.2) is 82.6 Å². The lowest BCUT2D eigenvalue weighted by molar-refractivity contribution is -0.174. The molecule has 0 fully saturated rings. The average molecular weight is 475 g/mol. The number of benzene rings is 3. The Labute approximate surface area is 192 Å². The smallest absolute Gasteiger partial charge is 0.471 e. The van der Waals surface area contributed by atoms with Gasteiger partial charge in [-0.1, -0.05) is 36.0 Å². The molecule has 0 aliphatic carbocycles. The van der Waals surface area contributed by atoms with E-state index in [1.54, 1.807) is 30.3 Å². The van der Waals surface area contributed by atoms with Crippen molar-refractivity contribution in [1.82, 2.24) is 5.32 Å². The number of ether oxygens (including phenoxy) is 1. The third kappa shape index (κ3) is 7.28. The number of alkyl halides is 3. The molecule has 0 saturated heterocycles. The van der Waals surface area contributed by atoms with E-state index in [1.807, 2.05) is 35.6 Å². The zero-order valence-electron chi connectivity index (χ0n) is 17.4. The normalized spacial score (nSPS) is 12.1. The van der Waals surface area contributed by atoms with Gasteiger partial charge >= 0.3 is 18.1 Å². The molecule has 0 aromatic heterocycles. The van der Waals surface area contributed by atoms with Crippen molar-refractivity contribution >= 4 is 23.6 Å². The number of rotatable bonds is 8. The summed E-state index contributed by atoms with van der Waals surface area (Å²) in [4.78, 5) is 23.9. The topological polar surface area (TPSA) is 75.6 Å². The summed E-state index contributed by atoms with van der Waals surface area (Å²) >= 11 is 1.47. The predicted octanol–water partition coefficient (Wildman–Crippen LogP) is 5.94. The maximum Gasteiger partial charge on any atom is 0.471 e. The van der Waals surface area contributed by atoms with Crippen LogP contribution in [-0.4, -0.2) is 29.2 Å². The number of carbonyl (C=O) groups is 2. The van der Waals surface area contributed by atoms with Crippen LogP contribution in [0.3, 0.4) is 0 Å². The molecule has 5 nitrogen and oxygen atoms in total. The van der Waals surface area contributed by atoms with Crippen LogP contribution in [0.25, 0.3) is 0 Å². The van der Waals surface area contributed by atoms with Crippen LogP contribution in [0, 0.1) is 0 Å². The van der Waals surface area contributed by atoms with E-state index in [0.29, 0.717) is 11.5 Å². The maximum absolute atomic E-state index is 12.4. The highest BCUT2D eigenvalue weighted by Gasteiger charge is 2.39. The molecule has 3 aromatic carbocycles. The highest BCUT2D eigenvalue weighted by molar-refractivity contribution is 7.99. The lowest BCUT2D eigenvalue weighted by Crippen LogP contribution is -2.42. The summed E-state index contributed by atoms with van der Waals surface area (Å²) < 4.78 is 42.9. The van der Waals surface area contributed by atoms with Gasteiger partial charge in [0.2, 0.25) is 0 Å². The number of carbonyl (C=O) groups excluding carboxylic acids is 1. The molecule has 3 aromatic rings. The third-order valence-corrected chi connectivity index (χ3v) is 5.46. The minimum absolute atomic E-state index is 0.130. The van der Waals surface area contributed by atoms with Gasteiger partial charge in [-0.3, -0.25) is 4.79 Å². The fourth-order valence-corrected chi connectivity index (χ4v) is 3.84. The van der Waals surface area contributed by atoms with Gasteiger partial charge in [0, 0.05) is 15.8 Å². The van der Waals surface area contributed by atoms with E-state index in [1.165, 1.54) is 30.8 Å². The van der Waals surface area contributed by atoms with E-state index in [0.717, 1.165) is 15.4 Å². The SMILES string of the molecule is CC(Cc1ccc(Sc2cccc(Oc3cccc(C(=O)O)c3)c2)cc1)NC(=O)C(F)(F)F. The molecular formula is C24H20F3NO4S. The van der Waals surface area contributed by atoms with Crippen LogP contribution in [-0.2, 0) is 11.2 Å². The van der Waals surface area contributed by atoms with Gasteiger partial charge < -0.3 is 15.2 Å². The molecule has 0 bridgehead atoms. The Balaban J connectivity index is 1.61. The molecule has 1 atom stereocenters. The molecule has 0 radical (unpaired) electrons. The Morgan fingerprint density at radius 1 is 0.970 bits per heavy atom. The Kier molecular flexibility index (Phi) is 7.65. The largest absolute Gasteiger partial charge is 0.478 e. The second-order valence-corrected chi connectivity index (χ2v) is 8.38. The first-order valence-electron chi connectivity index (χ1n) is 9.86. The number of carboxylic acid groups (broad SMARTS) is 1. The van der Waals surface area contributed by atoms with Gasteiger partial charge in [0.05, 0.1) is 5.56 Å². The number of hydrogen-bond acceptors (Lipinski definition) is 4. The van der Waals surface area contributed by atoms with Crippen LogP contribution in [0.5, 0.6) is 11.5 Å². The van der Waals surface area contributed by atoms with Crippen molar-refractivity contribution in [3.05, 3.63) is 83.9 Å². The zero-order valence-corrected chi connectivity index (χ0v) is 18.2. The highest BCUT2D eigenvalue weighted by Crippen LogP contribution is 2.32. The number of hydrogen-bond donors (Lipinski definition) is 2. The summed E-state index contributed by atoms with van der Waals surface area (Å²) in [5.41, 5.74) is 0.926. The highest BCUT2D eigenvalue weighted by atomic mass is 32.2. The number of amides is 1.